The molecule has 0 aromatic heterocycles. The second-order valence-corrected chi connectivity index (χ2v) is 7.39. The van der Waals surface area contributed by atoms with Crippen molar-refractivity contribution >= 4 is 46.1 Å². The SMILES string of the molecule is CCC(=O)N1CCCC(C(=O)OCC(=O)Nc2ccc(I)cc2C)C1. The first-order chi connectivity index (χ1) is 11.9. The van der Waals surface area contributed by atoms with Gasteiger partial charge in [0, 0.05) is 28.8 Å². The number of carbonyl (C=O) groups excluding carboxylic acids is 3. The number of anilines is 1. The fraction of sp³-hybridized carbons (Fsp3) is 0.500. The molecule has 136 valence electrons. The predicted molar refractivity (Wildman–Crippen MR) is 103 cm³/mol. The molecule has 0 saturated carbocycles. The Kier molecular flexibility index (Phi) is 7.22. The van der Waals surface area contributed by atoms with Crippen LogP contribution in [0.2, 0.25) is 0 Å². The minimum atomic E-state index is -0.414. The predicted octanol–water partition coefficient (Wildman–Crippen LogP) is 2.73. The number of carbonyl (C=O) groups is 3. The van der Waals surface area contributed by atoms with Gasteiger partial charge in [-0.25, -0.2) is 0 Å². The molecule has 1 unspecified atom stereocenters. The first-order valence-corrected chi connectivity index (χ1v) is 9.49. The number of ether oxygens (including phenoxy) is 1. The maximum Gasteiger partial charge on any atom is 0.311 e. The van der Waals surface area contributed by atoms with Crippen molar-refractivity contribution in [3.8, 4) is 0 Å². The second-order valence-electron chi connectivity index (χ2n) is 6.15. The molecule has 1 fully saturated rings. The molecule has 1 aliphatic heterocycles. The average Bonchev–Trinajstić information content (AvgIpc) is 2.61. The van der Waals surface area contributed by atoms with Crippen molar-refractivity contribution in [2.24, 2.45) is 5.92 Å². The molecule has 0 bridgehead atoms. The van der Waals surface area contributed by atoms with E-state index in [-0.39, 0.29) is 24.3 Å². The molecule has 1 aliphatic rings. The van der Waals surface area contributed by atoms with Gasteiger partial charge in [0.2, 0.25) is 5.91 Å². The van der Waals surface area contributed by atoms with Gasteiger partial charge in [0.25, 0.3) is 5.91 Å². The van der Waals surface area contributed by atoms with Crippen LogP contribution in [0.25, 0.3) is 0 Å². The number of benzene rings is 1. The Balaban J connectivity index is 1.82. The van der Waals surface area contributed by atoms with Gasteiger partial charge in [0.1, 0.15) is 0 Å². The van der Waals surface area contributed by atoms with E-state index in [4.69, 9.17) is 4.74 Å². The van der Waals surface area contributed by atoms with Crippen LogP contribution in [0, 0.1) is 16.4 Å². The van der Waals surface area contributed by atoms with E-state index in [1.165, 1.54) is 0 Å². The summed E-state index contributed by atoms with van der Waals surface area (Å²) in [5.74, 6) is -1.08. The zero-order valence-corrected chi connectivity index (χ0v) is 16.7. The lowest BCUT2D eigenvalue weighted by Gasteiger charge is -2.31. The molecular formula is C18H23IN2O4. The van der Waals surface area contributed by atoms with E-state index in [0.717, 1.165) is 15.6 Å². The lowest BCUT2D eigenvalue weighted by molar-refractivity contribution is -0.154. The summed E-state index contributed by atoms with van der Waals surface area (Å²) in [5, 5.41) is 2.75. The standard InChI is InChI=1S/C18H23IN2O4/c1-3-17(23)21-8-4-5-13(10-21)18(24)25-11-16(22)20-15-7-6-14(19)9-12(15)2/h6-7,9,13H,3-5,8,10-11H2,1-2H3,(H,20,22). The highest BCUT2D eigenvalue weighted by atomic mass is 127. The fourth-order valence-electron chi connectivity index (χ4n) is 2.83. The second kappa shape index (κ2) is 9.17. The van der Waals surface area contributed by atoms with Crippen LogP contribution in [0.1, 0.15) is 31.7 Å². The third-order valence-electron chi connectivity index (χ3n) is 4.22. The molecule has 1 saturated heterocycles. The summed E-state index contributed by atoms with van der Waals surface area (Å²) in [6, 6.07) is 5.69. The van der Waals surface area contributed by atoms with Crippen LogP contribution in [-0.4, -0.2) is 42.4 Å². The first kappa shape index (κ1) is 19.7. The molecular weight excluding hydrogens is 435 g/mol. The first-order valence-electron chi connectivity index (χ1n) is 8.41. The zero-order valence-electron chi connectivity index (χ0n) is 14.5. The van der Waals surface area contributed by atoms with Crippen LogP contribution in [-0.2, 0) is 19.1 Å². The smallest absolute Gasteiger partial charge is 0.311 e. The van der Waals surface area contributed by atoms with Crippen molar-refractivity contribution in [1.29, 1.82) is 0 Å². The molecule has 1 heterocycles. The van der Waals surface area contributed by atoms with Gasteiger partial charge in [-0.2, -0.15) is 0 Å². The van der Waals surface area contributed by atoms with Gasteiger partial charge in [-0.05, 0) is 66.1 Å². The molecule has 1 aromatic carbocycles. The monoisotopic (exact) mass is 458 g/mol. The minimum absolute atomic E-state index is 0.0458. The third-order valence-corrected chi connectivity index (χ3v) is 4.89. The van der Waals surface area contributed by atoms with Crippen molar-refractivity contribution < 1.29 is 19.1 Å². The van der Waals surface area contributed by atoms with E-state index < -0.39 is 5.97 Å². The van der Waals surface area contributed by atoms with Crippen LogP contribution < -0.4 is 5.32 Å². The Morgan fingerprint density at radius 3 is 2.80 bits per heavy atom. The van der Waals surface area contributed by atoms with Crippen molar-refractivity contribution in [2.45, 2.75) is 33.1 Å². The summed E-state index contributed by atoms with van der Waals surface area (Å²) in [6.45, 7) is 4.46. The van der Waals surface area contributed by atoms with Crippen LogP contribution in [0.15, 0.2) is 18.2 Å². The summed E-state index contributed by atoms with van der Waals surface area (Å²) in [7, 11) is 0. The van der Waals surface area contributed by atoms with Gasteiger partial charge in [-0.3, -0.25) is 14.4 Å². The summed E-state index contributed by atoms with van der Waals surface area (Å²) < 4.78 is 6.24. The number of aryl methyl sites for hydroxylation is 1. The largest absolute Gasteiger partial charge is 0.455 e. The minimum Gasteiger partial charge on any atom is -0.455 e. The molecule has 1 N–H and O–H groups in total. The van der Waals surface area contributed by atoms with Crippen molar-refractivity contribution in [1.82, 2.24) is 4.90 Å². The molecule has 7 heteroatoms. The maximum absolute atomic E-state index is 12.2. The molecule has 6 nitrogen and oxygen atoms in total. The molecule has 0 aliphatic carbocycles. The lowest BCUT2D eigenvalue weighted by atomic mass is 9.98. The molecule has 1 aromatic rings. The van der Waals surface area contributed by atoms with Crippen LogP contribution in [0.3, 0.4) is 0 Å². The molecule has 25 heavy (non-hydrogen) atoms. The Morgan fingerprint density at radius 2 is 2.12 bits per heavy atom. The van der Waals surface area contributed by atoms with E-state index >= 15 is 0 Å². The molecule has 0 spiro atoms. The highest BCUT2D eigenvalue weighted by molar-refractivity contribution is 14.1. The van der Waals surface area contributed by atoms with Crippen LogP contribution in [0.5, 0.6) is 0 Å². The van der Waals surface area contributed by atoms with E-state index in [2.05, 4.69) is 27.9 Å². The number of hydrogen-bond donors (Lipinski definition) is 1. The molecule has 2 rings (SSSR count). The van der Waals surface area contributed by atoms with Gasteiger partial charge >= 0.3 is 5.97 Å². The van der Waals surface area contributed by atoms with Gasteiger partial charge in [0.05, 0.1) is 5.92 Å². The van der Waals surface area contributed by atoms with Crippen molar-refractivity contribution in [3.63, 3.8) is 0 Å². The van der Waals surface area contributed by atoms with Gasteiger partial charge in [0.15, 0.2) is 6.61 Å². The Bertz CT molecular complexity index is 662. The number of likely N-dealkylation sites (tertiary alicyclic amines) is 1. The zero-order chi connectivity index (χ0) is 18.4. The van der Waals surface area contributed by atoms with Crippen molar-refractivity contribution in [2.75, 3.05) is 25.0 Å². The van der Waals surface area contributed by atoms with Gasteiger partial charge in [-0.1, -0.05) is 6.92 Å². The fourth-order valence-corrected chi connectivity index (χ4v) is 3.47. The number of nitrogens with zero attached hydrogens (tertiary/aromatic N) is 1. The van der Waals surface area contributed by atoms with E-state index in [1.54, 1.807) is 11.8 Å². The van der Waals surface area contributed by atoms with Gasteiger partial charge < -0.3 is 15.0 Å². The Morgan fingerprint density at radius 1 is 1.36 bits per heavy atom. The number of hydrogen-bond acceptors (Lipinski definition) is 4. The lowest BCUT2D eigenvalue weighted by Crippen LogP contribution is -2.42. The topological polar surface area (TPSA) is 75.7 Å². The molecule has 2 amide bonds. The molecule has 0 radical (unpaired) electrons. The number of nitrogens with one attached hydrogen (secondary N) is 1. The average molecular weight is 458 g/mol. The van der Waals surface area contributed by atoms with Crippen LogP contribution >= 0.6 is 22.6 Å². The third kappa shape index (κ3) is 5.69. The van der Waals surface area contributed by atoms with E-state index in [1.807, 2.05) is 25.1 Å². The highest BCUT2D eigenvalue weighted by Crippen LogP contribution is 2.19. The normalized spacial score (nSPS) is 17.1. The number of rotatable bonds is 5. The summed E-state index contributed by atoms with van der Waals surface area (Å²) in [6.07, 6.45) is 1.89. The van der Waals surface area contributed by atoms with Gasteiger partial charge in [-0.15, -0.1) is 0 Å². The van der Waals surface area contributed by atoms with Crippen LogP contribution in [0.4, 0.5) is 5.69 Å². The van der Waals surface area contributed by atoms with Crippen molar-refractivity contribution in [3.05, 3.63) is 27.3 Å². The highest BCUT2D eigenvalue weighted by Gasteiger charge is 2.29. The summed E-state index contributed by atoms with van der Waals surface area (Å²) in [5.41, 5.74) is 1.66. The summed E-state index contributed by atoms with van der Waals surface area (Å²) in [4.78, 5) is 37.7. The Labute approximate surface area is 161 Å². The number of esters is 1. The Hall–Kier alpha value is -1.64. The van der Waals surface area contributed by atoms with E-state index in [0.29, 0.717) is 31.6 Å². The van der Waals surface area contributed by atoms with E-state index in [9.17, 15) is 14.4 Å². The number of halogens is 1. The quantitative estimate of drug-likeness (QED) is 0.544. The number of amides is 2. The summed E-state index contributed by atoms with van der Waals surface area (Å²) >= 11 is 2.20. The molecule has 1 atom stereocenters. The maximum atomic E-state index is 12.2. The number of piperidine rings is 1.